The van der Waals surface area contributed by atoms with Crippen molar-refractivity contribution in [2.45, 2.75) is 13.1 Å². The van der Waals surface area contributed by atoms with E-state index in [-0.39, 0.29) is 5.91 Å². The molecule has 0 spiro atoms. The van der Waals surface area contributed by atoms with E-state index in [4.69, 9.17) is 23.4 Å². The van der Waals surface area contributed by atoms with E-state index < -0.39 is 0 Å². The largest absolute Gasteiger partial charge is 0.497 e. The molecule has 1 amide bonds. The van der Waals surface area contributed by atoms with Gasteiger partial charge < -0.3 is 28.3 Å². The van der Waals surface area contributed by atoms with Gasteiger partial charge in [0.1, 0.15) is 17.3 Å². The van der Waals surface area contributed by atoms with Crippen LogP contribution >= 0.6 is 0 Å². The highest BCUT2D eigenvalue weighted by Gasteiger charge is 2.20. The maximum absolute atomic E-state index is 13.4. The van der Waals surface area contributed by atoms with E-state index in [0.717, 1.165) is 5.56 Å². The summed E-state index contributed by atoms with van der Waals surface area (Å²) in [5.74, 6) is 2.81. The third kappa shape index (κ3) is 4.86. The number of ether oxygens (including phenoxy) is 4. The van der Waals surface area contributed by atoms with Crippen molar-refractivity contribution in [3.8, 4) is 23.0 Å². The predicted molar refractivity (Wildman–Crippen MR) is 111 cm³/mol. The summed E-state index contributed by atoms with van der Waals surface area (Å²) in [4.78, 5) is 15.1. The Labute approximate surface area is 175 Å². The smallest absolute Gasteiger partial charge is 0.254 e. The molecule has 0 aliphatic carbocycles. The van der Waals surface area contributed by atoms with E-state index >= 15 is 0 Å². The second-order valence-corrected chi connectivity index (χ2v) is 6.53. The summed E-state index contributed by atoms with van der Waals surface area (Å²) in [7, 11) is 6.26. The minimum absolute atomic E-state index is 0.182. The number of hydrogen-bond donors (Lipinski definition) is 0. The lowest BCUT2D eigenvalue weighted by molar-refractivity contribution is 0.0716. The first kappa shape index (κ1) is 21.1. The summed E-state index contributed by atoms with van der Waals surface area (Å²) < 4.78 is 26.8. The number of furan rings is 1. The standard InChI is InChI=1S/C23H25NO6/c1-26-19-11-17(12-20(13-19)27-2)23(25)24(15-18-6-5-9-30-18)14-16-7-8-21(28-3)22(10-16)29-4/h5-13H,14-15H2,1-4H3. The highest BCUT2D eigenvalue weighted by molar-refractivity contribution is 5.95. The average Bonchev–Trinajstić information content (AvgIpc) is 3.30. The molecule has 0 aliphatic rings. The molecule has 7 nitrogen and oxygen atoms in total. The third-order valence-corrected chi connectivity index (χ3v) is 4.63. The van der Waals surface area contributed by atoms with Crippen molar-refractivity contribution in [1.29, 1.82) is 0 Å². The molecule has 1 heterocycles. The summed E-state index contributed by atoms with van der Waals surface area (Å²) >= 11 is 0. The summed E-state index contributed by atoms with van der Waals surface area (Å²) in [6.45, 7) is 0.652. The normalized spacial score (nSPS) is 10.4. The fraction of sp³-hybridized carbons (Fsp3) is 0.261. The topological polar surface area (TPSA) is 70.4 Å². The van der Waals surface area contributed by atoms with Crippen molar-refractivity contribution in [1.82, 2.24) is 4.90 Å². The number of amides is 1. The zero-order valence-corrected chi connectivity index (χ0v) is 17.5. The summed E-state index contributed by atoms with van der Waals surface area (Å²) in [6.07, 6.45) is 1.59. The fourth-order valence-electron chi connectivity index (χ4n) is 3.10. The Morgan fingerprint density at radius 1 is 0.833 bits per heavy atom. The predicted octanol–water partition coefficient (Wildman–Crippen LogP) is 4.16. The molecule has 0 unspecified atom stereocenters. The van der Waals surface area contributed by atoms with Crippen LogP contribution in [0.15, 0.2) is 59.2 Å². The van der Waals surface area contributed by atoms with Crippen LogP contribution in [0.2, 0.25) is 0 Å². The molecule has 0 N–H and O–H groups in total. The molecule has 1 aromatic heterocycles. The Bertz CT molecular complexity index is 961. The van der Waals surface area contributed by atoms with Gasteiger partial charge in [0, 0.05) is 18.2 Å². The van der Waals surface area contributed by atoms with Gasteiger partial charge in [-0.25, -0.2) is 0 Å². The van der Waals surface area contributed by atoms with Gasteiger partial charge in [0.2, 0.25) is 0 Å². The maximum Gasteiger partial charge on any atom is 0.254 e. The Kier molecular flexibility index (Phi) is 6.85. The molecular formula is C23H25NO6. The quantitative estimate of drug-likeness (QED) is 0.527. The molecule has 0 atom stereocenters. The molecule has 7 heteroatoms. The van der Waals surface area contributed by atoms with Gasteiger partial charge in [0.25, 0.3) is 5.91 Å². The Hall–Kier alpha value is -3.61. The van der Waals surface area contributed by atoms with Crippen LogP contribution in [0.5, 0.6) is 23.0 Å². The number of carbonyl (C=O) groups excluding carboxylic acids is 1. The van der Waals surface area contributed by atoms with Gasteiger partial charge in [-0.2, -0.15) is 0 Å². The van der Waals surface area contributed by atoms with Gasteiger partial charge in [0.15, 0.2) is 11.5 Å². The van der Waals surface area contributed by atoms with Crippen molar-refractivity contribution in [3.05, 3.63) is 71.7 Å². The van der Waals surface area contributed by atoms with Gasteiger partial charge in [0.05, 0.1) is 41.2 Å². The number of carbonyl (C=O) groups is 1. The zero-order chi connectivity index (χ0) is 21.5. The Morgan fingerprint density at radius 2 is 1.53 bits per heavy atom. The van der Waals surface area contributed by atoms with Crippen LogP contribution in [0, 0.1) is 0 Å². The molecule has 0 bridgehead atoms. The van der Waals surface area contributed by atoms with E-state index in [2.05, 4.69) is 0 Å². The van der Waals surface area contributed by atoms with Crippen molar-refractivity contribution in [2.75, 3.05) is 28.4 Å². The van der Waals surface area contributed by atoms with E-state index in [9.17, 15) is 4.79 Å². The zero-order valence-electron chi connectivity index (χ0n) is 17.5. The average molecular weight is 411 g/mol. The number of rotatable bonds is 9. The number of nitrogens with zero attached hydrogens (tertiary/aromatic N) is 1. The monoisotopic (exact) mass is 411 g/mol. The van der Waals surface area contributed by atoms with Crippen LogP contribution in [-0.2, 0) is 13.1 Å². The van der Waals surface area contributed by atoms with Crippen LogP contribution in [0.4, 0.5) is 0 Å². The van der Waals surface area contributed by atoms with Gasteiger partial charge in [-0.05, 0) is 42.0 Å². The Balaban J connectivity index is 1.94. The van der Waals surface area contributed by atoms with Crippen molar-refractivity contribution >= 4 is 5.91 Å². The van der Waals surface area contributed by atoms with Crippen molar-refractivity contribution in [3.63, 3.8) is 0 Å². The van der Waals surface area contributed by atoms with Crippen LogP contribution in [0.25, 0.3) is 0 Å². The van der Waals surface area contributed by atoms with Gasteiger partial charge in [-0.3, -0.25) is 4.79 Å². The highest BCUT2D eigenvalue weighted by atomic mass is 16.5. The first-order valence-electron chi connectivity index (χ1n) is 9.33. The summed E-state index contributed by atoms with van der Waals surface area (Å²) in [6, 6.07) is 14.3. The second kappa shape index (κ2) is 9.73. The maximum atomic E-state index is 13.4. The first-order valence-corrected chi connectivity index (χ1v) is 9.33. The number of hydrogen-bond acceptors (Lipinski definition) is 6. The lowest BCUT2D eigenvalue weighted by Crippen LogP contribution is -2.30. The molecular weight excluding hydrogens is 386 g/mol. The first-order chi connectivity index (χ1) is 14.6. The molecule has 158 valence electrons. The molecule has 30 heavy (non-hydrogen) atoms. The van der Waals surface area contributed by atoms with E-state index in [1.807, 2.05) is 24.3 Å². The highest BCUT2D eigenvalue weighted by Crippen LogP contribution is 2.29. The minimum Gasteiger partial charge on any atom is -0.497 e. The minimum atomic E-state index is -0.182. The van der Waals surface area contributed by atoms with Crippen LogP contribution in [0.3, 0.4) is 0 Å². The fourth-order valence-corrected chi connectivity index (χ4v) is 3.10. The molecule has 0 aliphatic heterocycles. The third-order valence-electron chi connectivity index (χ3n) is 4.63. The molecule has 0 fully saturated rings. The lowest BCUT2D eigenvalue weighted by Gasteiger charge is -2.23. The van der Waals surface area contributed by atoms with E-state index in [1.54, 1.807) is 63.9 Å². The van der Waals surface area contributed by atoms with E-state index in [1.165, 1.54) is 0 Å². The lowest BCUT2D eigenvalue weighted by atomic mass is 10.1. The summed E-state index contributed by atoms with van der Waals surface area (Å²) in [5, 5.41) is 0. The molecule has 3 aromatic rings. The molecule has 0 radical (unpaired) electrons. The van der Waals surface area contributed by atoms with Crippen LogP contribution in [-0.4, -0.2) is 39.2 Å². The van der Waals surface area contributed by atoms with Gasteiger partial charge in [-0.1, -0.05) is 6.07 Å². The number of methoxy groups -OCH3 is 4. The number of benzene rings is 2. The molecule has 0 saturated carbocycles. The summed E-state index contributed by atoms with van der Waals surface area (Å²) in [5.41, 5.74) is 1.35. The van der Waals surface area contributed by atoms with Crippen LogP contribution in [0.1, 0.15) is 21.7 Å². The van der Waals surface area contributed by atoms with Crippen LogP contribution < -0.4 is 18.9 Å². The molecule has 2 aromatic carbocycles. The molecule has 3 rings (SSSR count). The molecule has 0 saturated heterocycles. The van der Waals surface area contributed by atoms with Gasteiger partial charge >= 0.3 is 0 Å². The van der Waals surface area contributed by atoms with Crippen molar-refractivity contribution in [2.24, 2.45) is 0 Å². The SMILES string of the molecule is COc1cc(OC)cc(C(=O)N(Cc2ccc(OC)c(OC)c2)Cc2ccco2)c1. The second-order valence-electron chi connectivity index (χ2n) is 6.53. The Morgan fingerprint density at radius 3 is 2.10 bits per heavy atom. The van der Waals surface area contributed by atoms with Crippen molar-refractivity contribution < 1.29 is 28.2 Å². The van der Waals surface area contributed by atoms with Gasteiger partial charge in [-0.15, -0.1) is 0 Å². The van der Waals surface area contributed by atoms with E-state index in [0.29, 0.717) is 47.4 Å².